The first-order valence-electron chi connectivity index (χ1n) is 5.44. The maximum absolute atomic E-state index is 13.4. The van der Waals surface area contributed by atoms with Crippen molar-refractivity contribution in [1.29, 1.82) is 0 Å². The Morgan fingerprint density at radius 3 is 2.71 bits per heavy atom. The van der Waals surface area contributed by atoms with Crippen molar-refractivity contribution in [3.8, 4) is 0 Å². The van der Waals surface area contributed by atoms with E-state index in [4.69, 9.17) is 23.2 Å². The van der Waals surface area contributed by atoms with Crippen molar-refractivity contribution in [2.75, 3.05) is 5.32 Å². The molecule has 1 amide bonds. The number of aromatic nitrogens is 1. The van der Waals surface area contributed by atoms with E-state index in [1.165, 1.54) is 12.3 Å². The van der Waals surface area contributed by atoms with Gasteiger partial charge in [0.05, 0.1) is 20.5 Å². The van der Waals surface area contributed by atoms with Gasteiger partial charge in [0.1, 0.15) is 17.7 Å². The number of hydrogen-bond acceptors (Lipinski definition) is 4. The summed E-state index contributed by atoms with van der Waals surface area (Å²) >= 11 is 11.3. The van der Waals surface area contributed by atoms with Gasteiger partial charge in [0.25, 0.3) is 5.91 Å². The number of carbonyl (C=O) groups is 1. The SMILES string of the molecule is O=C(Nc1ccncc1[N+](=O)[O-])c1cc(F)c(Cl)cc1Cl. The van der Waals surface area contributed by atoms with Crippen LogP contribution < -0.4 is 5.32 Å². The fourth-order valence-electron chi connectivity index (χ4n) is 1.52. The number of amides is 1. The number of benzene rings is 1. The van der Waals surface area contributed by atoms with Crippen LogP contribution in [0.4, 0.5) is 15.8 Å². The van der Waals surface area contributed by atoms with Crippen molar-refractivity contribution in [2.45, 2.75) is 0 Å². The summed E-state index contributed by atoms with van der Waals surface area (Å²) < 4.78 is 13.4. The number of pyridine rings is 1. The average Bonchev–Trinajstić information content (AvgIpc) is 2.43. The van der Waals surface area contributed by atoms with Gasteiger partial charge >= 0.3 is 5.69 Å². The molecule has 0 spiro atoms. The standard InChI is InChI=1S/C12H6Cl2FN3O3/c13-7-4-8(14)9(15)3-6(7)12(19)17-10-1-2-16-5-11(10)18(20)21/h1-5H,(H,16,17,19). The normalized spacial score (nSPS) is 10.2. The number of anilines is 1. The molecular weight excluding hydrogens is 324 g/mol. The van der Waals surface area contributed by atoms with E-state index in [0.29, 0.717) is 0 Å². The largest absolute Gasteiger partial charge is 0.316 e. The first-order valence-corrected chi connectivity index (χ1v) is 6.20. The van der Waals surface area contributed by atoms with Gasteiger partial charge < -0.3 is 5.32 Å². The number of nitro groups is 1. The molecule has 0 fully saturated rings. The highest BCUT2D eigenvalue weighted by Gasteiger charge is 2.19. The van der Waals surface area contributed by atoms with Crippen LogP contribution in [0.2, 0.25) is 10.0 Å². The van der Waals surface area contributed by atoms with Gasteiger partial charge in [-0.25, -0.2) is 4.39 Å². The lowest BCUT2D eigenvalue weighted by molar-refractivity contribution is -0.384. The van der Waals surface area contributed by atoms with Gasteiger partial charge in [-0.05, 0) is 18.2 Å². The first kappa shape index (κ1) is 15.1. The summed E-state index contributed by atoms with van der Waals surface area (Å²) in [5.74, 6) is -1.62. The minimum absolute atomic E-state index is 0.0735. The van der Waals surface area contributed by atoms with Gasteiger partial charge in [-0.1, -0.05) is 23.2 Å². The number of halogens is 3. The maximum Gasteiger partial charge on any atom is 0.310 e. The molecule has 1 aromatic carbocycles. The summed E-state index contributed by atoms with van der Waals surface area (Å²) in [5.41, 5.74) is -0.660. The predicted octanol–water partition coefficient (Wildman–Crippen LogP) is 3.69. The van der Waals surface area contributed by atoms with Crippen molar-refractivity contribution in [1.82, 2.24) is 4.98 Å². The van der Waals surface area contributed by atoms with Gasteiger partial charge in [-0.15, -0.1) is 0 Å². The summed E-state index contributed by atoms with van der Waals surface area (Å²) in [4.78, 5) is 25.7. The second-order valence-corrected chi connectivity index (χ2v) is 4.66. The minimum Gasteiger partial charge on any atom is -0.316 e. The van der Waals surface area contributed by atoms with E-state index in [1.54, 1.807) is 0 Å². The van der Waals surface area contributed by atoms with E-state index >= 15 is 0 Å². The zero-order valence-electron chi connectivity index (χ0n) is 10.1. The molecule has 1 aromatic heterocycles. The Labute approximate surface area is 127 Å². The van der Waals surface area contributed by atoms with Crippen molar-refractivity contribution in [3.63, 3.8) is 0 Å². The van der Waals surface area contributed by atoms with Gasteiger partial charge in [0.15, 0.2) is 0 Å². The molecule has 2 rings (SSSR count). The first-order chi connectivity index (χ1) is 9.90. The molecule has 0 atom stereocenters. The third kappa shape index (κ3) is 3.26. The highest BCUT2D eigenvalue weighted by atomic mass is 35.5. The quantitative estimate of drug-likeness (QED) is 0.528. The van der Waals surface area contributed by atoms with Gasteiger partial charge in [-0.2, -0.15) is 0 Å². The molecule has 9 heteroatoms. The van der Waals surface area contributed by atoms with Crippen LogP contribution in [0.5, 0.6) is 0 Å². The smallest absolute Gasteiger partial charge is 0.310 e. The number of hydrogen-bond donors (Lipinski definition) is 1. The Hall–Kier alpha value is -2.25. The Kier molecular flexibility index (Phi) is 4.35. The molecule has 0 bridgehead atoms. The lowest BCUT2D eigenvalue weighted by Crippen LogP contribution is -2.14. The number of carbonyl (C=O) groups excluding carboxylic acids is 1. The molecule has 0 radical (unpaired) electrons. The van der Waals surface area contributed by atoms with E-state index in [-0.39, 0.29) is 21.3 Å². The van der Waals surface area contributed by atoms with Gasteiger partial charge in [-0.3, -0.25) is 19.9 Å². The molecule has 0 aliphatic carbocycles. The second kappa shape index (κ2) is 6.02. The molecule has 1 heterocycles. The van der Waals surface area contributed by atoms with Crippen molar-refractivity contribution in [3.05, 3.63) is 62.1 Å². The summed E-state index contributed by atoms with van der Waals surface area (Å²) in [6.07, 6.45) is 2.26. The Morgan fingerprint density at radius 1 is 1.33 bits per heavy atom. The van der Waals surface area contributed by atoms with Crippen molar-refractivity contribution in [2.24, 2.45) is 0 Å². The van der Waals surface area contributed by atoms with Crippen LogP contribution in [0.25, 0.3) is 0 Å². The highest BCUT2D eigenvalue weighted by Crippen LogP contribution is 2.27. The maximum atomic E-state index is 13.4. The van der Waals surface area contributed by atoms with Crippen LogP contribution in [0.15, 0.2) is 30.6 Å². The number of nitrogens with zero attached hydrogens (tertiary/aromatic N) is 2. The fourth-order valence-corrected chi connectivity index (χ4v) is 1.99. The highest BCUT2D eigenvalue weighted by molar-refractivity contribution is 6.37. The molecule has 6 nitrogen and oxygen atoms in total. The van der Waals surface area contributed by atoms with Crippen LogP contribution in [-0.4, -0.2) is 15.8 Å². The predicted molar refractivity (Wildman–Crippen MR) is 75.3 cm³/mol. The van der Waals surface area contributed by atoms with E-state index in [0.717, 1.165) is 18.3 Å². The Morgan fingerprint density at radius 2 is 2.05 bits per heavy atom. The third-order valence-corrected chi connectivity index (χ3v) is 3.10. The van der Waals surface area contributed by atoms with Crippen LogP contribution in [0.1, 0.15) is 10.4 Å². The molecule has 0 unspecified atom stereocenters. The zero-order chi connectivity index (χ0) is 15.6. The van der Waals surface area contributed by atoms with E-state index in [1.807, 2.05) is 0 Å². The topological polar surface area (TPSA) is 85.1 Å². The Balaban J connectivity index is 2.35. The van der Waals surface area contributed by atoms with E-state index in [2.05, 4.69) is 10.3 Å². The van der Waals surface area contributed by atoms with Crippen molar-refractivity contribution < 1.29 is 14.1 Å². The molecule has 1 N–H and O–H groups in total. The fraction of sp³-hybridized carbons (Fsp3) is 0. The summed E-state index contributed by atoms with van der Waals surface area (Å²) in [5, 5.41) is 12.8. The molecule has 0 saturated heterocycles. The lowest BCUT2D eigenvalue weighted by Gasteiger charge is -2.07. The molecule has 21 heavy (non-hydrogen) atoms. The summed E-state index contributed by atoms with van der Waals surface area (Å²) in [7, 11) is 0. The average molecular weight is 330 g/mol. The number of rotatable bonds is 3. The molecular formula is C12H6Cl2FN3O3. The second-order valence-electron chi connectivity index (χ2n) is 3.85. The molecule has 0 saturated carbocycles. The van der Waals surface area contributed by atoms with E-state index in [9.17, 15) is 19.3 Å². The Bertz CT molecular complexity index is 740. The lowest BCUT2D eigenvalue weighted by atomic mass is 10.2. The third-order valence-electron chi connectivity index (χ3n) is 2.50. The van der Waals surface area contributed by atoms with Crippen molar-refractivity contribution >= 4 is 40.5 Å². The zero-order valence-corrected chi connectivity index (χ0v) is 11.7. The van der Waals surface area contributed by atoms with Crippen LogP contribution in [-0.2, 0) is 0 Å². The van der Waals surface area contributed by atoms with Crippen LogP contribution in [0, 0.1) is 15.9 Å². The van der Waals surface area contributed by atoms with Crippen LogP contribution in [0.3, 0.4) is 0 Å². The van der Waals surface area contributed by atoms with E-state index < -0.39 is 22.3 Å². The van der Waals surface area contributed by atoms with Gasteiger partial charge in [0.2, 0.25) is 0 Å². The molecule has 2 aromatic rings. The monoisotopic (exact) mass is 329 g/mol. The van der Waals surface area contributed by atoms with Gasteiger partial charge in [0, 0.05) is 6.20 Å². The molecule has 108 valence electrons. The number of nitrogens with one attached hydrogen (secondary N) is 1. The minimum atomic E-state index is -0.824. The summed E-state index contributed by atoms with van der Waals surface area (Å²) in [6.45, 7) is 0. The molecule has 0 aliphatic heterocycles. The van der Waals surface area contributed by atoms with Crippen LogP contribution >= 0.6 is 23.2 Å². The summed E-state index contributed by atoms with van der Waals surface area (Å²) in [6, 6.07) is 3.18. The molecule has 0 aliphatic rings.